The summed E-state index contributed by atoms with van der Waals surface area (Å²) in [5.74, 6) is 1.47. The van der Waals surface area contributed by atoms with Crippen LogP contribution in [0.4, 0.5) is 11.8 Å². The Morgan fingerprint density at radius 2 is 2.08 bits per heavy atom. The molecule has 0 fully saturated rings. The lowest BCUT2D eigenvalue weighted by Crippen LogP contribution is -2.22. The monoisotopic (exact) mass is 343 g/mol. The molecule has 0 aliphatic rings. The third kappa shape index (κ3) is 2.75. The third-order valence-corrected chi connectivity index (χ3v) is 5.24. The Bertz CT molecular complexity index is 958. The van der Waals surface area contributed by atoms with E-state index in [1.54, 1.807) is 29.1 Å². The van der Waals surface area contributed by atoms with Gasteiger partial charge in [0.15, 0.2) is 0 Å². The molecule has 126 valence electrons. The molecule has 0 spiro atoms. The van der Waals surface area contributed by atoms with Crippen molar-refractivity contribution in [2.24, 2.45) is 7.05 Å². The fraction of sp³-hybridized carbons (Fsp3) is 0.353. The van der Waals surface area contributed by atoms with Gasteiger partial charge >= 0.3 is 0 Å². The molecule has 0 saturated carbocycles. The number of rotatable bonds is 4. The third-order valence-electron chi connectivity index (χ3n) is 4.14. The molecule has 0 radical (unpaired) electrons. The van der Waals surface area contributed by atoms with Crippen molar-refractivity contribution in [3.63, 3.8) is 0 Å². The van der Waals surface area contributed by atoms with Crippen LogP contribution in [-0.4, -0.2) is 28.6 Å². The maximum Gasteiger partial charge on any atom is 0.263 e. The molecule has 24 heavy (non-hydrogen) atoms. The van der Waals surface area contributed by atoms with Gasteiger partial charge in [-0.2, -0.15) is 0 Å². The van der Waals surface area contributed by atoms with Crippen molar-refractivity contribution in [2.45, 2.75) is 20.4 Å². The number of nitrogens with one attached hydrogen (secondary N) is 1. The van der Waals surface area contributed by atoms with Gasteiger partial charge in [-0.05, 0) is 25.5 Å². The van der Waals surface area contributed by atoms with Crippen molar-refractivity contribution in [2.75, 3.05) is 24.3 Å². The molecular weight excluding hydrogens is 322 g/mol. The summed E-state index contributed by atoms with van der Waals surface area (Å²) in [5, 5.41) is 4.00. The number of aryl methyl sites for hydroxylation is 2. The van der Waals surface area contributed by atoms with Gasteiger partial charge in [-0.3, -0.25) is 9.36 Å². The van der Waals surface area contributed by atoms with Gasteiger partial charge in [0.25, 0.3) is 5.56 Å². The predicted octanol–water partition coefficient (Wildman–Crippen LogP) is 2.68. The van der Waals surface area contributed by atoms with Gasteiger partial charge in [0, 0.05) is 44.3 Å². The van der Waals surface area contributed by atoms with Crippen LogP contribution >= 0.6 is 11.3 Å². The van der Waals surface area contributed by atoms with E-state index in [1.165, 1.54) is 0 Å². The van der Waals surface area contributed by atoms with Crippen LogP contribution in [0.1, 0.15) is 16.0 Å². The number of aromatic nitrogens is 3. The Morgan fingerprint density at radius 3 is 2.79 bits per heavy atom. The van der Waals surface area contributed by atoms with E-state index in [2.05, 4.69) is 15.3 Å². The Morgan fingerprint density at radius 1 is 1.33 bits per heavy atom. The van der Waals surface area contributed by atoms with E-state index in [9.17, 15) is 4.79 Å². The first-order valence-corrected chi connectivity index (χ1v) is 8.53. The predicted molar refractivity (Wildman–Crippen MR) is 100 cm³/mol. The summed E-state index contributed by atoms with van der Waals surface area (Å²) in [6.45, 7) is 4.55. The Balaban J connectivity index is 1.97. The number of anilines is 2. The van der Waals surface area contributed by atoms with Gasteiger partial charge in [0.1, 0.15) is 10.6 Å². The minimum atomic E-state index is -0.0108. The van der Waals surface area contributed by atoms with Gasteiger partial charge in [0.05, 0.1) is 5.39 Å². The second-order valence-corrected chi connectivity index (χ2v) is 7.20. The van der Waals surface area contributed by atoms with Crippen molar-refractivity contribution in [1.29, 1.82) is 0 Å². The normalized spacial score (nSPS) is 11.0. The first kappa shape index (κ1) is 16.4. The lowest BCUT2D eigenvalue weighted by molar-refractivity contribution is 0.837. The number of nitrogens with zero attached hydrogens (tertiary/aromatic N) is 4. The summed E-state index contributed by atoms with van der Waals surface area (Å²) in [6.07, 6.45) is 1.77. The number of hydrogen-bond donors (Lipinski definition) is 1. The number of thiophene rings is 1. The molecule has 1 N–H and O–H groups in total. The number of fused-ring (bicyclic) bond motifs is 1. The maximum atomic E-state index is 12.6. The van der Waals surface area contributed by atoms with Crippen molar-refractivity contribution in [1.82, 2.24) is 14.5 Å². The summed E-state index contributed by atoms with van der Waals surface area (Å²) < 4.78 is 1.58. The molecule has 3 aromatic rings. The second kappa shape index (κ2) is 6.24. The zero-order valence-electron chi connectivity index (χ0n) is 14.5. The van der Waals surface area contributed by atoms with Crippen LogP contribution in [0.2, 0.25) is 0 Å². The summed E-state index contributed by atoms with van der Waals surface area (Å²) in [4.78, 5) is 25.6. The average Bonchev–Trinajstić information content (AvgIpc) is 2.84. The van der Waals surface area contributed by atoms with E-state index in [0.717, 1.165) is 32.0 Å². The molecule has 0 bridgehead atoms. The SMILES string of the molecule is Cc1sc2nc(NCc3cccnc3N(C)C)n(C)c(=O)c2c1C. The first-order valence-electron chi connectivity index (χ1n) is 7.72. The molecule has 0 aliphatic heterocycles. The van der Waals surface area contributed by atoms with Crippen molar-refractivity contribution in [3.8, 4) is 0 Å². The molecule has 0 atom stereocenters. The van der Waals surface area contributed by atoms with Crippen LogP contribution < -0.4 is 15.8 Å². The van der Waals surface area contributed by atoms with E-state index in [1.807, 2.05) is 45.0 Å². The van der Waals surface area contributed by atoms with Crippen LogP contribution in [0, 0.1) is 13.8 Å². The molecule has 6 nitrogen and oxygen atoms in total. The van der Waals surface area contributed by atoms with Crippen LogP contribution in [0.15, 0.2) is 23.1 Å². The minimum absolute atomic E-state index is 0.0108. The summed E-state index contributed by atoms with van der Waals surface area (Å²) >= 11 is 1.56. The summed E-state index contributed by atoms with van der Waals surface area (Å²) in [7, 11) is 5.67. The van der Waals surface area contributed by atoms with Crippen LogP contribution in [0.5, 0.6) is 0 Å². The highest BCUT2D eigenvalue weighted by Gasteiger charge is 2.15. The number of hydrogen-bond acceptors (Lipinski definition) is 6. The Labute approximate surface area is 144 Å². The summed E-state index contributed by atoms with van der Waals surface area (Å²) in [5.41, 5.74) is 2.07. The Kier molecular flexibility index (Phi) is 4.28. The van der Waals surface area contributed by atoms with E-state index >= 15 is 0 Å². The van der Waals surface area contributed by atoms with Gasteiger partial charge in [0.2, 0.25) is 5.95 Å². The molecule has 3 heterocycles. The minimum Gasteiger partial charge on any atom is -0.362 e. The molecule has 7 heteroatoms. The zero-order chi connectivity index (χ0) is 17.4. The molecular formula is C17H21N5OS. The first-order chi connectivity index (χ1) is 11.4. The highest BCUT2D eigenvalue weighted by Crippen LogP contribution is 2.27. The highest BCUT2D eigenvalue weighted by atomic mass is 32.1. The van der Waals surface area contributed by atoms with Gasteiger partial charge < -0.3 is 10.2 Å². The topological polar surface area (TPSA) is 63.1 Å². The number of pyridine rings is 1. The van der Waals surface area contributed by atoms with Gasteiger partial charge in [-0.25, -0.2) is 9.97 Å². The molecule has 0 aliphatic carbocycles. The largest absolute Gasteiger partial charge is 0.362 e. The molecule has 0 aromatic carbocycles. The molecule has 0 saturated heterocycles. The lowest BCUT2D eigenvalue weighted by Gasteiger charge is -2.17. The zero-order valence-corrected chi connectivity index (χ0v) is 15.4. The van der Waals surface area contributed by atoms with Crippen LogP contribution in [-0.2, 0) is 13.6 Å². The fourth-order valence-electron chi connectivity index (χ4n) is 2.68. The molecule has 3 aromatic heterocycles. The molecule has 0 amide bonds. The van der Waals surface area contributed by atoms with Crippen molar-refractivity contribution < 1.29 is 0 Å². The second-order valence-electron chi connectivity index (χ2n) is 6.00. The standard InChI is InChI=1S/C17H21N5OS/c1-10-11(2)24-15-13(10)16(23)22(5)17(20-15)19-9-12-7-6-8-18-14(12)21(3)4/h6-8H,9H2,1-5H3,(H,19,20). The van der Waals surface area contributed by atoms with Gasteiger partial charge in [-0.15, -0.1) is 11.3 Å². The maximum absolute atomic E-state index is 12.6. The quantitative estimate of drug-likeness (QED) is 0.789. The Hall–Kier alpha value is -2.41. The average molecular weight is 343 g/mol. The smallest absolute Gasteiger partial charge is 0.263 e. The fourth-order valence-corrected chi connectivity index (χ4v) is 3.70. The molecule has 3 rings (SSSR count). The van der Waals surface area contributed by atoms with E-state index in [0.29, 0.717) is 12.5 Å². The van der Waals surface area contributed by atoms with Crippen LogP contribution in [0.3, 0.4) is 0 Å². The van der Waals surface area contributed by atoms with E-state index in [-0.39, 0.29) is 5.56 Å². The lowest BCUT2D eigenvalue weighted by atomic mass is 10.2. The van der Waals surface area contributed by atoms with Crippen LogP contribution in [0.25, 0.3) is 10.2 Å². The molecule has 0 unspecified atom stereocenters. The van der Waals surface area contributed by atoms with E-state index < -0.39 is 0 Å². The van der Waals surface area contributed by atoms with Crippen molar-refractivity contribution >= 4 is 33.3 Å². The summed E-state index contributed by atoms with van der Waals surface area (Å²) in [6, 6.07) is 3.93. The highest BCUT2D eigenvalue weighted by molar-refractivity contribution is 7.18. The van der Waals surface area contributed by atoms with E-state index in [4.69, 9.17) is 0 Å². The van der Waals surface area contributed by atoms with Crippen molar-refractivity contribution in [3.05, 3.63) is 44.7 Å². The van der Waals surface area contributed by atoms with Gasteiger partial charge in [-0.1, -0.05) is 6.07 Å².